The molecule has 0 spiro atoms. The van der Waals surface area contributed by atoms with Gasteiger partial charge in [0.2, 0.25) is 5.91 Å². The molecule has 1 amide bonds. The van der Waals surface area contributed by atoms with E-state index in [1.807, 2.05) is 21.7 Å². The predicted molar refractivity (Wildman–Crippen MR) is 91.0 cm³/mol. The molecule has 1 aromatic carbocycles. The smallest absolute Gasteiger partial charge is 0.224 e. The van der Waals surface area contributed by atoms with E-state index in [0.29, 0.717) is 6.54 Å². The number of hydrogen-bond acceptors (Lipinski definition) is 4. The van der Waals surface area contributed by atoms with Crippen molar-refractivity contribution in [1.82, 2.24) is 4.90 Å². The number of carbonyl (C=O) groups excluding carboxylic acids is 1. The van der Waals surface area contributed by atoms with Gasteiger partial charge in [0.05, 0.1) is 10.6 Å². The van der Waals surface area contributed by atoms with Crippen LogP contribution in [-0.4, -0.2) is 31.0 Å². The molecule has 2 aromatic rings. The molecule has 3 rings (SSSR count). The zero-order valence-electron chi connectivity index (χ0n) is 12.7. The van der Waals surface area contributed by atoms with Crippen LogP contribution in [0, 0.1) is 0 Å². The van der Waals surface area contributed by atoms with Crippen molar-refractivity contribution in [3.8, 4) is 0 Å². The summed E-state index contributed by atoms with van der Waals surface area (Å²) in [6.07, 6.45) is 2.07. The first-order valence-corrected chi connectivity index (χ1v) is 10.2. The highest BCUT2D eigenvalue weighted by atomic mass is 32.2. The first-order chi connectivity index (χ1) is 11.1. The van der Waals surface area contributed by atoms with Crippen LogP contribution in [0.2, 0.25) is 0 Å². The maximum absolute atomic E-state index is 12.5. The van der Waals surface area contributed by atoms with Gasteiger partial charge in [-0.05, 0) is 47.4 Å². The number of nitrogens with zero attached hydrogens (tertiary/aromatic N) is 1. The van der Waals surface area contributed by atoms with Gasteiger partial charge in [0.25, 0.3) is 0 Å². The minimum absolute atomic E-state index is 0.0395. The van der Waals surface area contributed by atoms with Gasteiger partial charge >= 0.3 is 0 Å². The molecule has 1 fully saturated rings. The minimum atomic E-state index is -3.40. The summed E-state index contributed by atoms with van der Waals surface area (Å²) in [7, 11) is -3.40. The molecule has 0 atom stereocenters. The molecule has 0 N–H and O–H groups in total. The molecule has 1 heterocycles. The second kappa shape index (κ2) is 6.84. The third kappa shape index (κ3) is 4.20. The second-order valence-electron chi connectivity index (χ2n) is 5.77. The molecular weight excluding hydrogens is 330 g/mol. The average Bonchev–Trinajstić information content (AvgIpc) is 3.27. The van der Waals surface area contributed by atoms with Crippen molar-refractivity contribution < 1.29 is 13.2 Å². The Balaban J connectivity index is 1.63. The van der Waals surface area contributed by atoms with Gasteiger partial charge in [-0.2, -0.15) is 11.3 Å². The third-order valence-corrected chi connectivity index (χ3v) is 6.39. The molecule has 23 heavy (non-hydrogen) atoms. The van der Waals surface area contributed by atoms with E-state index in [0.717, 1.165) is 18.4 Å². The molecule has 0 radical (unpaired) electrons. The predicted octanol–water partition coefficient (Wildman–Crippen LogP) is 3.10. The minimum Gasteiger partial charge on any atom is -0.335 e. The Morgan fingerprint density at radius 3 is 2.52 bits per heavy atom. The number of benzene rings is 1. The number of sulfone groups is 1. The summed E-state index contributed by atoms with van der Waals surface area (Å²) in [4.78, 5) is 14.6. The van der Waals surface area contributed by atoms with Crippen molar-refractivity contribution in [2.24, 2.45) is 0 Å². The Kier molecular flexibility index (Phi) is 4.82. The van der Waals surface area contributed by atoms with Crippen LogP contribution in [0.1, 0.15) is 24.8 Å². The number of hydrogen-bond donors (Lipinski definition) is 0. The van der Waals surface area contributed by atoms with Crippen molar-refractivity contribution >= 4 is 27.1 Å². The largest absolute Gasteiger partial charge is 0.335 e. The molecule has 4 nitrogen and oxygen atoms in total. The lowest BCUT2D eigenvalue weighted by Gasteiger charge is -2.22. The summed E-state index contributed by atoms with van der Waals surface area (Å²) in [6.45, 7) is 0.582. The van der Waals surface area contributed by atoms with Gasteiger partial charge in [-0.25, -0.2) is 8.42 Å². The SMILES string of the molecule is O=C(CCS(=O)(=O)c1ccccc1)N(Cc1ccsc1)C1CC1. The maximum Gasteiger partial charge on any atom is 0.224 e. The summed E-state index contributed by atoms with van der Waals surface area (Å²) in [5, 5.41) is 4.02. The van der Waals surface area contributed by atoms with Gasteiger partial charge in [-0.15, -0.1) is 0 Å². The fourth-order valence-corrected chi connectivity index (χ4v) is 4.41. The third-order valence-electron chi connectivity index (χ3n) is 3.93. The standard InChI is InChI=1S/C17H19NO3S2/c19-17(9-11-23(20,21)16-4-2-1-3-5-16)18(15-6-7-15)12-14-8-10-22-13-14/h1-5,8,10,13,15H,6-7,9,11-12H2. The van der Waals surface area contributed by atoms with Crippen LogP contribution in [0.25, 0.3) is 0 Å². The molecule has 0 saturated heterocycles. The van der Waals surface area contributed by atoms with Crippen LogP contribution >= 0.6 is 11.3 Å². The number of carbonyl (C=O) groups is 1. The van der Waals surface area contributed by atoms with Crippen LogP contribution in [0.4, 0.5) is 0 Å². The maximum atomic E-state index is 12.5. The molecule has 122 valence electrons. The zero-order valence-corrected chi connectivity index (χ0v) is 14.4. The summed E-state index contributed by atoms with van der Waals surface area (Å²) < 4.78 is 24.6. The molecule has 1 aromatic heterocycles. The number of rotatable bonds is 7. The van der Waals surface area contributed by atoms with Crippen molar-refractivity contribution in [2.75, 3.05) is 5.75 Å². The summed E-state index contributed by atoms with van der Waals surface area (Å²) in [5.74, 6) is -0.207. The van der Waals surface area contributed by atoms with Crippen LogP contribution in [0.5, 0.6) is 0 Å². The zero-order chi connectivity index (χ0) is 16.3. The fraction of sp³-hybridized carbons (Fsp3) is 0.353. The molecule has 1 saturated carbocycles. The quantitative estimate of drug-likeness (QED) is 0.772. The van der Waals surface area contributed by atoms with Crippen LogP contribution in [0.3, 0.4) is 0 Å². The van der Waals surface area contributed by atoms with Gasteiger partial charge in [-0.3, -0.25) is 4.79 Å². The highest BCUT2D eigenvalue weighted by Crippen LogP contribution is 2.29. The van der Waals surface area contributed by atoms with Crippen LogP contribution in [-0.2, 0) is 21.2 Å². The van der Waals surface area contributed by atoms with Gasteiger partial charge in [0.15, 0.2) is 9.84 Å². The molecule has 0 aliphatic heterocycles. The molecule has 0 bridgehead atoms. The summed E-state index contributed by atoms with van der Waals surface area (Å²) >= 11 is 1.61. The Morgan fingerprint density at radius 2 is 1.91 bits per heavy atom. The van der Waals surface area contributed by atoms with Gasteiger partial charge in [0.1, 0.15) is 0 Å². The van der Waals surface area contributed by atoms with E-state index >= 15 is 0 Å². The molecule has 1 aliphatic rings. The van der Waals surface area contributed by atoms with Gasteiger partial charge in [-0.1, -0.05) is 18.2 Å². The van der Waals surface area contributed by atoms with E-state index < -0.39 is 9.84 Å². The lowest BCUT2D eigenvalue weighted by Crippen LogP contribution is -2.33. The van der Waals surface area contributed by atoms with Gasteiger partial charge in [0, 0.05) is 19.0 Å². The van der Waals surface area contributed by atoms with Crippen molar-refractivity contribution in [1.29, 1.82) is 0 Å². The Bertz CT molecular complexity index is 750. The Hall–Kier alpha value is -1.66. The lowest BCUT2D eigenvalue weighted by atomic mass is 10.3. The number of amides is 1. The normalized spacial score (nSPS) is 14.6. The van der Waals surface area contributed by atoms with Crippen LogP contribution < -0.4 is 0 Å². The van der Waals surface area contributed by atoms with E-state index in [4.69, 9.17) is 0 Å². The first kappa shape index (κ1) is 16.2. The molecule has 6 heteroatoms. The summed E-state index contributed by atoms with van der Waals surface area (Å²) in [6, 6.07) is 10.6. The fourth-order valence-electron chi connectivity index (χ4n) is 2.50. The number of thiophene rings is 1. The second-order valence-corrected chi connectivity index (χ2v) is 8.66. The van der Waals surface area contributed by atoms with Crippen molar-refractivity contribution in [3.63, 3.8) is 0 Å². The van der Waals surface area contributed by atoms with Gasteiger partial charge < -0.3 is 4.90 Å². The summed E-state index contributed by atoms with van der Waals surface area (Å²) in [5.41, 5.74) is 1.11. The van der Waals surface area contributed by atoms with E-state index in [2.05, 4.69) is 0 Å². The average molecular weight is 349 g/mol. The Labute approximate surface area is 140 Å². The topological polar surface area (TPSA) is 54.5 Å². The highest BCUT2D eigenvalue weighted by Gasteiger charge is 2.33. The van der Waals surface area contributed by atoms with E-state index in [9.17, 15) is 13.2 Å². The van der Waals surface area contributed by atoms with E-state index in [1.165, 1.54) is 0 Å². The van der Waals surface area contributed by atoms with Crippen LogP contribution in [0.15, 0.2) is 52.1 Å². The highest BCUT2D eigenvalue weighted by molar-refractivity contribution is 7.91. The first-order valence-electron chi connectivity index (χ1n) is 7.64. The van der Waals surface area contributed by atoms with Crippen molar-refractivity contribution in [2.45, 2.75) is 36.7 Å². The molecular formula is C17H19NO3S2. The van der Waals surface area contributed by atoms with Crippen molar-refractivity contribution in [3.05, 3.63) is 52.7 Å². The lowest BCUT2D eigenvalue weighted by molar-refractivity contribution is -0.132. The van der Waals surface area contributed by atoms with E-state index in [-0.39, 0.29) is 29.0 Å². The monoisotopic (exact) mass is 349 g/mol. The molecule has 0 unspecified atom stereocenters. The Morgan fingerprint density at radius 1 is 1.17 bits per heavy atom. The molecule has 1 aliphatic carbocycles. The van der Waals surface area contributed by atoms with E-state index in [1.54, 1.807) is 41.7 Å².